The Hall–Kier alpha value is -9.02. The predicted molar refractivity (Wildman–Crippen MR) is 496 cm³/mol. The standard InChI is InChI=1S/C24H22ClN3O3S.C20H20ClNO4S.C16H16ClNO2S.C15H12ClNO2S.C8H8N2O2.C4H8O.C2H6.CH3.BrH.Mg/c1-24(2,30)20-6-5-19(32-20)15-9-16-10-17(31-23(16)18(25)11-15)13-28-22(29)8-4-14-3-7-21(26)27-12-14;1-11(23)16-5-6-17(27-16)12-7-13-8-14(25-18(13)15(21)9-12)10-22-19(24)26-20(2,3)4;1-16(2,19)14-4-3-13(21-14)9-5-10-6-11(8-18)20-15(10)12(17)7-9;1-8(18)13-2-3-14(20-13)9-4-10-5-11(7-17)19-15(10)12(16)6-9;9-7-3-1-6(5-10-7)2-4-8(11)12;1-2-4-5-3-1;1-2;;;/h3-12,30H,13H2,1-2H3,(H2,26,27)(H,28,29);5-9H,10H2,1-4H3,(H,22,24);3-7,19H,8,18H2,1-2H3;2-6H,7,17H2,1H3;1-5H,(H2,9,10)(H,11,12);1-4H2;1-2H3;1H3;1H;/q;;;;;;;-1;;+2/p-1/b8-4+;;;;4-2+;;;;;/i;;;;;;1D;;;. The number of nitrogens with zero attached hydrogens (tertiary/aromatic N) is 2. The maximum atomic E-state index is 12.1. The summed E-state index contributed by atoms with van der Waals surface area (Å²) in [5.41, 5.74) is 27.6. The van der Waals surface area contributed by atoms with Crippen LogP contribution < -0.4 is 50.5 Å². The van der Waals surface area contributed by atoms with Crippen LogP contribution in [0, 0.1) is 7.43 Å². The number of alkyl carbamates (subject to hydrolysis) is 1. The van der Waals surface area contributed by atoms with Crippen LogP contribution in [0.2, 0.25) is 20.1 Å². The van der Waals surface area contributed by atoms with E-state index < -0.39 is 28.9 Å². The third kappa shape index (κ3) is 29.6. The van der Waals surface area contributed by atoms with E-state index in [1.165, 1.54) is 65.2 Å². The van der Waals surface area contributed by atoms with Crippen LogP contribution in [-0.4, -0.2) is 96.7 Å². The van der Waals surface area contributed by atoms with E-state index in [0.29, 0.717) is 108 Å². The number of carbonyl (C=O) groups is 5. The first-order chi connectivity index (χ1) is 56.9. The first-order valence-electron chi connectivity index (χ1n) is 37.9. The number of thiophene rings is 4. The number of aromatic nitrogens is 2. The molecule has 0 radical (unpaired) electrons. The third-order valence-corrected chi connectivity index (χ3v) is 23.4. The van der Waals surface area contributed by atoms with E-state index in [9.17, 15) is 34.2 Å². The molecule has 2 amide bonds. The molecule has 0 saturated carbocycles. The average Bonchev–Trinajstić information content (AvgIpc) is 1.66. The number of Topliss-reactive ketones (excluding diaryl/α,β-unsaturated/α-hetero) is 2. The summed E-state index contributed by atoms with van der Waals surface area (Å²) < 4.78 is 39.1. The quantitative estimate of drug-likeness (QED) is 0.0167. The Morgan fingerprint density at radius 3 is 1.15 bits per heavy atom. The zero-order valence-corrected chi connectivity index (χ0v) is 78.2. The Labute approximate surface area is 771 Å². The Balaban J connectivity index is 0.000000236. The number of halogens is 5. The number of rotatable bonds is 18. The molecular weight excluding hydrogens is 1790 g/mol. The molecule has 0 unspecified atom stereocenters. The average molecular weight is 1890 g/mol. The van der Waals surface area contributed by atoms with Crippen molar-refractivity contribution < 1.29 is 84.8 Å². The van der Waals surface area contributed by atoms with Gasteiger partial charge in [-0.25, -0.2) is 19.6 Å². The van der Waals surface area contributed by atoms with Crippen LogP contribution in [-0.2, 0) is 56.4 Å². The van der Waals surface area contributed by atoms with Crippen molar-refractivity contribution in [3.63, 3.8) is 0 Å². The summed E-state index contributed by atoms with van der Waals surface area (Å²) in [5.74, 6) is 2.31. The summed E-state index contributed by atoms with van der Waals surface area (Å²) in [7, 11) is 0. The van der Waals surface area contributed by atoms with Gasteiger partial charge in [0.25, 0.3) is 0 Å². The van der Waals surface area contributed by atoms with Gasteiger partial charge in [0.1, 0.15) is 40.3 Å². The molecule has 22 nitrogen and oxygen atoms in total. The van der Waals surface area contributed by atoms with Crippen molar-refractivity contribution in [3.8, 4) is 41.8 Å². The van der Waals surface area contributed by atoms with E-state index in [-0.39, 0.29) is 78.0 Å². The molecule has 0 atom stereocenters. The van der Waals surface area contributed by atoms with Crippen molar-refractivity contribution >= 4 is 212 Å². The number of fused-ring (bicyclic) bond motifs is 4. The van der Waals surface area contributed by atoms with Gasteiger partial charge in [-0.3, -0.25) is 14.4 Å². The monoisotopic (exact) mass is 1880 g/mol. The van der Waals surface area contributed by atoms with Gasteiger partial charge in [-0.1, -0.05) is 60.2 Å². The van der Waals surface area contributed by atoms with Gasteiger partial charge in [-0.15, -0.1) is 45.3 Å². The van der Waals surface area contributed by atoms with E-state index in [1.54, 1.807) is 117 Å². The number of carboxylic acid groups (broad SMARTS) is 1. The Morgan fingerprint density at radius 2 is 0.852 bits per heavy atom. The van der Waals surface area contributed by atoms with Gasteiger partial charge in [0.05, 0.1) is 67.2 Å². The maximum Gasteiger partial charge on any atom is 2.00 e. The van der Waals surface area contributed by atoms with Crippen molar-refractivity contribution in [2.45, 2.75) is 132 Å². The van der Waals surface area contributed by atoms with Crippen molar-refractivity contribution in [3.05, 3.63) is 251 Å². The summed E-state index contributed by atoms with van der Waals surface area (Å²) in [6.07, 6.45) is 10.7. The van der Waals surface area contributed by atoms with Gasteiger partial charge < -0.3 is 100 Å². The number of nitrogens with two attached hydrogens (primary N) is 4. The number of ether oxygens (including phenoxy) is 2. The van der Waals surface area contributed by atoms with Crippen molar-refractivity contribution in [2.24, 2.45) is 11.5 Å². The Kier molecular flexibility index (Phi) is 38.2. The van der Waals surface area contributed by atoms with Gasteiger partial charge in [-0.05, 0) is 266 Å². The van der Waals surface area contributed by atoms with Crippen LogP contribution in [0.4, 0.5) is 16.4 Å². The molecule has 1 fully saturated rings. The number of aliphatic hydroxyl groups is 2. The molecular formula is C90H95BrCl4MgN8O14S4. The SMILES string of the molecule is C1CCOC1.CC(=O)c1ccc(-c2cc(Cl)c3oc(CN)cc3c2)s1.CC(=O)c1ccc(-c2cc(Cl)c3oc(CNC(=O)OC(C)(C)C)cc3c2)s1.CC(C)(O)c1ccc(-c2cc(Cl)c3oc(CN)cc3c2)s1.CC(C)(O)c1ccc(-c2cc(Cl)c3oc(CNC(=O)/C=C/c4ccc(N)nc4)cc3c2)s1.Nc1ccc(/C=C/C(=O)O)cn1.[2H]CC.[Br-].[CH3-].[Mg+2]. The molecule has 1 saturated heterocycles. The van der Waals surface area contributed by atoms with Crippen LogP contribution in [0.1, 0.15) is 154 Å². The predicted octanol–water partition coefficient (Wildman–Crippen LogP) is 20.0. The number of carbonyl (C=O) groups excluding carboxylic acids is 4. The molecule has 0 aliphatic carbocycles. The minimum atomic E-state index is -0.980. The molecule has 0 bridgehead atoms. The number of anilines is 2. The number of hydrogen-bond acceptors (Lipinski definition) is 23. The van der Waals surface area contributed by atoms with E-state index in [4.69, 9.17) is 103 Å². The topological polar surface area (TPSA) is 371 Å². The number of amides is 2. The van der Waals surface area contributed by atoms with Crippen molar-refractivity contribution in [1.29, 1.82) is 0 Å². The Bertz CT molecular complexity index is 5940. The molecule has 15 rings (SSSR count). The second-order valence-electron chi connectivity index (χ2n) is 28.6. The number of carboxylic acids is 1. The smallest absolute Gasteiger partial charge is 1.00 e. The van der Waals surface area contributed by atoms with Crippen LogP contribution in [0.25, 0.3) is 97.8 Å². The number of nitrogens with one attached hydrogen (secondary N) is 2. The number of aliphatic carboxylic acids is 1. The zero-order valence-electron chi connectivity index (χ0n) is 70.0. The summed E-state index contributed by atoms with van der Waals surface area (Å²) in [4.78, 5) is 71.9. The molecule has 1 aliphatic heterocycles. The van der Waals surface area contributed by atoms with Crippen LogP contribution >= 0.6 is 91.8 Å². The van der Waals surface area contributed by atoms with Gasteiger partial charge in [0, 0.05) is 89.9 Å². The molecule has 122 heavy (non-hydrogen) atoms. The summed E-state index contributed by atoms with van der Waals surface area (Å²) in [5, 5.41) is 39.7. The normalized spacial score (nSPS) is 11.8. The molecule has 4 aromatic carbocycles. The fourth-order valence-corrected chi connectivity index (χ4v) is 16.0. The molecule has 14 aromatic rings. The molecule has 1 aliphatic rings. The maximum absolute atomic E-state index is 12.1. The second kappa shape index (κ2) is 46.6. The second-order valence-corrected chi connectivity index (χ2v) is 34.5. The first kappa shape index (κ1) is 100. The number of furan rings is 4. The number of benzene rings is 4. The third-order valence-electron chi connectivity index (χ3n) is 16.9. The number of ketones is 2. The van der Waals surface area contributed by atoms with Gasteiger partial charge in [-0.2, -0.15) is 0 Å². The molecule has 10 aromatic heterocycles. The number of pyridine rings is 2. The molecule has 640 valence electrons. The molecule has 0 spiro atoms. The van der Waals surface area contributed by atoms with E-state index >= 15 is 0 Å². The minimum Gasteiger partial charge on any atom is -1.00 e. The van der Waals surface area contributed by atoms with Crippen LogP contribution in [0.15, 0.2) is 188 Å². The molecule has 32 heteroatoms. The first-order valence-corrected chi connectivity index (χ1v) is 42.0. The van der Waals surface area contributed by atoms with E-state index in [0.717, 1.165) is 103 Å². The fourth-order valence-electron chi connectivity index (χ4n) is 11.2. The molecule has 11 heterocycles. The van der Waals surface area contributed by atoms with Gasteiger partial charge in [0.15, 0.2) is 33.9 Å². The van der Waals surface area contributed by atoms with Crippen LogP contribution in [0.5, 0.6) is 0 Å². The number of hydrogen-bond donors (Lipinski definition) is 9. The summed E-state index contributed by atoms with van der Waals surface area (Å²) >= 11 is 31.4. The van der Waals surface area contributed by atoms with Gasteiger partial charge >= 0.3 is 35.1 Å². The summed E-state index contributed by atoms with van der Waals surface area (Å²) in [6.45, 7) is 21.0. The minimum absolute atomic E-state index is 0. The number of nitrogen functional groups attached to an aromatic ring is 2. The van der Waals surface area contributed by atoms with E-state index in [1.807, 2.05) is 121 Å². The van der Waals surface area contributed by atoms with E-state index in [2.05, 4.69) is 20.6 Å². The largest absolute Gasteiger partial charge is 2.00 e. The van der Waals surface area contributed by atoms with Crippen molar-refractivity contribution in [1.82, 2.24) is 20.6 Å². The molecule has 13 N–H and O–H groups in total. The summed E-state index contributed by atoms with van der Waals surface area (Å²) in [6, 6.07) is 45.0. The van der Waals surface area contributed by atoms with Crippen LogP contribution in [0.3, 0.4) is 0 Å². The van der Waals surface area contributed by atoms with Crippen molar-refractivity contribution in [2.75, 3.05) is 24.7 Å². The Morgan fingerprint density at radius 1 is 0.516 bits per heavy atom. The fraction of sp³-hybridized carbons (Fsp3) is 0.244. The zero-order chi connectivity index (χ0) is 87.3. The van der Waals surface area contributed by atoms with Gasteiger partial charge in [0.2, 0.25) is 5.91 Å².